The summed E-state index contributed by atoms with van der Waals surface area (Å²) in [5, 5.41) is 0. The Morgan fingerprint density at radius 3 is 1.84 bits per heavy atom. The van der Waals surface area contributed by atoms with Gasteiger partial charge in [0, 0.05) is 21.6 Å². The molecule has 3 aromatic carbocycles. The Morgan fingerprint density at radius 1 is 0.680 bits per heavy atom. The topological polar surface area (TPSA) is 0 Å². The highest BCUT2D eigenvalue weighted by Gasteiger charge is 2.00. The average Bonchev–Trinajstić information content (AvgIpc) is 2.62. The van der Waals surface area contributed by atoms with Crippen LogP contribution in [0.2, 0.25) is 0 Å². The number of rotatable bonds is 0. The van der Waals surface area contributed by atoms with Crippen molar-refractivity contribution in [2.75, 3.05) is 0 Å². The van der Waals surface area contributed by atoms with Crippen LogP contribution in [0.15, 0.2) is 71.6 Å². The smallest absolute Gasteiger partial charge is 0.140 e. The molecule has 0 aliphatic heterocycles. The molecule has 3 aromatic rings. The molecule has 0 unspecified atom stereocenters. The zero-order valence-corrected chi connectivity index (χ0v) is 14.6. The van der Waals surface area contributed by atoms with E-state index in [9.17, 15) is 4.39 Å². The van der Waals surface area contributed by atoms with Crippen molar-refractivity contribution in [1.82, 2.24) is 0 Å². The quantitative estimate of drug-likeness (QED) is 0.420. The van der Waals surface area contributed by atoms with Crippen LogP contribution in [0.1, 0.15) is 27.8 Å². The molecule has 0 nitrogen and oxygen atoms in total. The van der Waals surface area contributed by atoms with Gasteiger partial charge in [-0.25, -0.2) is 4.39 Å². The van der Waals surface area contributed by atoms with E-state index < -0.39 is 0 Å². The Balaban J connectivity index is 1.80. The van der Waals surface area contributed by atoms with Crippen LogP contribution in [0.3, 0.4) is 0 Å². The van der Waals surface area contributed by atoms with Gasteiger partial charge < -0.3 is 0 Å². The summed E-state index contributed by atoms with van der Waals surface area (Å²) in [7, 11) is 0. The van der Waals surface area contributed by atoms with Crippen LogP contribution in [-0.2, 0) is 0 Å². The molecule has 0 N–H and O–H groups in total. The van der Waals surface area contributed by atoms with Gasteiger partial charge in [0.05, 0.1) is 5.56 Å². The van der Waals surface area contributed by atoms with E-state index in [-0.39, 0.29) is 5.82 Å². The van der Waals surface area contributed by atoms with Gasteiger partial charge in [-0.3, -0.25) is 0 Å². The van der Waals surface area contributed by atoms with Crippen molar-refractivity contribution in [2.24, 2.45) is 0 Å². The second-order valence-electron chi connectivity index (χ2n) is 5.61. The van der Waals surface area contributed by atoms with Gasteiger partial charge in [-0.15, -0.1) is 12.6 Å². The summed E-state index contributed by atoms with van der Waals surface area (Å²) in [6.45, 7) is 2.03. The fraction of sp³-hybridized carbons (Fsp3) is 0.0435. The molecule has 0 saturated heterocycles. The van der Waals surface area contributed by atoms with Crippen LogP contribution in [0, 0.1) is 36.4 Å². The minimum atomic E-state index is -0.367. The van der Waals surface area contributed by atoms with Crippen molar-refractivity contribution in [3.8, 4) is 23.7 Å². The van der Waals surface area contributed by atoms with Gasteiger partial charge in [-0.05, 0) is 61.5 Å². The summed E-state index contributed by atoms with van der Waals surface area (Å²) in [4.78, 5) is 0.869. The maximum Gasteiger partial charge on any atom is 0.140 e. The highest BCUT2D eigenvalue weighted by Crippen LogP contribution is 2.11. The zero-order valence-electron chi connectivity index (χ0n) is 13.7. The van der Waals surface area contributed by atoms with Gasteiger partial charge in [-0.2, -0.15) is 0 Å². The van der Waals surface area contributed by atoms with Crippen molar-refractivity contribution < 1.29 is 4.39 Å². The Bertz CT molecular complexity index is 1010. The van der Waals surface area contributed by atoms with Gasteiger partial charge in [0.25, 0.3) is 0 Å². The minimum Gasteiger partial charge on any atom is -0.206 e. The van der Waals surface area contributed by atoms with E-state index in [1.165, 1.54) is 11.6 Å². The number of thiol groups is 1. The summed E-state index contributed by atoms with van der Waals surface area (Å²) < 4.78 is 14.2. The average molecular weight is 342 g/mol. The predicted octanol–water partition coefficient (Wildman–Crippen LogP) is 5.22. The summed E-state index contributed by atoms with van der Waals surface area (Å²) >= 11 is 4.23. The van der Waals surface area contributed by atoms with Crippen LogP contribution in [0.5, 0.6) is 0 Å². The Hall–Kier alpha value is -2.94. The van der Waals surface area contributed by atoms with E-state index in [1.54, 1.807) is 12.1 Å². The van der Waals surface area contributed by atoms with E-state index in [4.69, 9.17) is 0 Å². The fourth-order valence-electron chi connectivity index (χ4n) is 2.16. The van der Waals surface area contributed by atoms with E-state index in [2.05, 4.69) is 36.3 Å². The van der Waals surface area contributed by atoms with E-state index in [0.29, 0.717) is 11.1 Å². The van der Waals surface area contributed by atoms with Crippen molar-refractivity contribution >= 4 is 12.6 Å². The van der Waals surface area contributed by atoms with Crippen molar-refractivity contribution in [3.05, 3.63) is 100 Å². The number of hydrogen-bond donors (Lipinski definition) is 1. The Morgan fingerprint density at radius 2 is 1.20 bits per heavy atom. The predicted molar refractivity (Wildman–Crippen MR) is 103 cm³/mol. The van der Waals surface area contributed by atoms with Crippen molar-refractivity contribution in [2.45, 2.75) is 11.8 Å². The van der Waals surface area contributed by atoms with Gasteiger partial charge in [0.1, 0.15) is 5.82 Å². The van der Waals surface area contributed by atoms with Gasteiger partial charge >= 0.3 is 0 Å². The molecule has 0 fully saturated rings. The number of hydrogen-bond acceptors (Lipinski definition) is 1. The first-order valence-electron chi connectivity index (χ1n) is 7.79. The molecule has 0 radical (unpaired) electrons. The lowest BCUT2D eigenvalue weighted by atomic mass is 10.1. The van der Waals surface area contributed by atoms with Crippen molar-refractivity contribution in [3.63, 3.8) is 0 Å². The monoisotopic (exact) mass is 342 g/mol. The highest BCUT2D eigenvalue weighted by atomic mass is 32.1. The Labute approximate surface area is 153 Å². The fourth-order valence-corrected chi connectivity index (χ4v) is 2.31. The van der Waals surface area contributed by atoms with E-state index in [1.807, 2.05) is 55.5 Å². The molecule has 0 aliphatic carbocycles. The first-order chi connectivity index (χ1) is 12.1. The molecular formula is C23H15FS. The second-order valence-corrected chi connectivity index (χ2v) is 6.12. The summed E-state index contributed by atoms with van der Waals surface area (Å²) in [6.07, 6.45) is 0. The van der Waals surface area contributed by atoms with E-state index >= 15 is 0 Å². The van der Waals surface area contributed by atoms with Gasteiger partial charge in [0.15, 0.2) is 0 Å². The zero-order chi connectivity index (χ0) is 17.6. The number of aryl methyl sites for hydroxylation is 1. The Kier molecular flexibility index (Phi) is 5.24. The third-order valence-corrected chi connectivity index (χ3v) is 3.88. The summed E-state index contributed by atoms with van der Waals surface area (Å²) in [6, 6.07) is 20.2. The number of halogens is 1. The summed E-state index contributed by atoms with van der Waals surface area (Å²) in [5.74, 6) is 11.5. The molecule has 0 aliphatic rings. The molecule has 2 heteroatoms. The van der Waals surface area contributed by atoms with Gasteiger partial charge in [-0.1, -0.05) is 41.4 Å². The second kappa shape index (κ2) is 7.75. The molecule has 120 valence electrons. The molecule has 0 heterocycles. The standard InChI is InChI=1S/C23H15FS/c1-17-2-4-18(5-3-17)6-7-20-9-13-21(23(24)16-20)12-8-19-10-14-22(25)15-11-19/h2-5,9-11,13-16,25H,1H3. The molecule has 0 spiro atoms. The third kappa shape index (κ3) is 4.77. The molecule has 3 rings (SSSR count). The normalized spacial score (nSPS) is 9.56. The van der Waals surface area contributed by atoms with E-state index in [0.717, 1.165) is 16.0 Å². The first-order valence-corrected chi connectivity index (χ1v) is 8.24. The lowest BCUT2D eigenvalue weighted by Crippen LogP contribution is -1.86. The number of benzene rings is 3. The molecule has 0 amide bonds. The van der Waals surface area contributed by atoms with Crippen LogP contribution in [-0.4, -0.2) is 0 Å². The SMILES string of the molecule is Cc1ccc(C#Cc2ccc(C#Cc3ccc(S)cc3)c(F)c2)cc1. The van der Waals surface area contributed by atoms with Crippen LogP contribution in [0.25, 0.3) is 0 Å². The summed E-state index contributed by atoms with van der Waals surface area (Å²) in [5.41, 5.74) is 3.89. The highest BCUT2D eigenvalue weighted by molar-refractivity contribution is 7.80. The maximum atomic E-state index is 14.2. The van der Waals surface area contributed by atoms with Crippen molar-refractivity contribution in [1.29, 1.82) is 0 Å². The largest absolute Gasteiger partial charge is 0.206 e. The molecule has 0 atom stereocenters. The van der Waals surface area contributed by atoms with Gasteiger partial charge in [0.2, 0.25) is 0 Å². The van der Waals surface area contributed by atoms with Crippen LogP contribution < -0.4 is 0 Å². The maximum absolute atomic E-state index is 14.2. The molecule has 0 aromatic heterocycles. The lowest BCUT2D eigenvalue weighted by molar-refractivity contribution is 0.624. The minimum absolute atomic E-state index is 0.357. The first kappa shape index (κ1) is 16.9. The molecule has 0 saturated carbocycles. The molecule has 0 bridgehead atoms. The van der Waals surface area contributed by atoms with Crippen LogP contribution in [0.4, 0.5) is 4.39 Å². The third-order valence-electron chi connectivity index (χ3n) is 3.58. The van der Waals surface area contributed by atoms with Crippen LogP contribution >= 0.6 is 12.6 Å². The molecular weight excluding hydrogens is 327 g/mol. The lowest BCUT2D eigenvalue weighted by Gasteiger charge is -1.96. The molecule has 25 heavy (non-hydrogen) atoms.